The number of thiophene rings is 1. The number of carboxylic acids is 1. The van der Waals surface area contributed by atoms with E-state index in [1.165, 1.54) is 19.9 Å². The molecule has 2 rings (SSSR count). The van der Waals surface area contributed by atoms with Crippen LogP contribution in [0.2, 0.25) is 0 Å². The van der Waals surface area contributed by atoms with Gasteiger partial charge in [-0.3, -0.25) is 4.57 Å². The first-order valence-electron chi connectivity index (χ1n) is 6.90. The van der Waals surface area contributed by atoms with Gasteiger partial charge >= 0.3 is 19.2 Å². The first-order chi connectivity index (χ1) is 11.2. The van der Waals surface area contributed by atoms with E-state index in [4.69, 9.17) is 14.2 Å². The van der Waals surface area contributed by atoms with Crippen molar-refractivity contribution in [2.45, 2.75) is 19.5 Å². The summed E-state index contributed by atoms with van der Waals surface area (Å²) in [6, 6.07) is 3.57. The minimum Gasteiger partial charge on any atom is -0.477 e. The first kappa shape index (κ1) is 19.5. The molecule has 10 heteroatoms. The number of aromatic carboxylic acids is 1. The Morgan fingerprint density at radius 2 is 1.92 bits per heavy atom. The molecular formula is C14H14BrF2O5PS. The largest absolute Gasteiger partial charge is 0.477 e. The van der Waals surface area contributed by atoms with Crippen LogP contribution in [0.1, 0.15) is 29.1 Å². The fourth-order valence-corrected chi connectivity index (χ4v) is 5.41. The second-order valence-corrected chi connectivity index (χ2v) is 8.55. The molecule has 132 valence electrons. The number of carboxylic acid groups (broad SMARTS) is 1. The number of benzene rings is 1. The van der Waals surface area contributed by atoms with Gasteiger partial charge in [0.15, 0.2) is 0 Å². The third-order valence-corrected chi connectivity index (χ3v) is 7.50. The van der Waals surface area contributed by atoms with E-state index in [9.17, 15) is 18.1 Å². The van der Waals surface area contributed by atoms with Gasteiger partial charge in [-0.15, -0.1) is 11.3 Å². The molecule has 1 aromatic carbocycles. The van der Waals surface area contributed by atoms with Crippen LogP contribution in [0.15, 0.2) is 22.7 Å². The maximum absolute atomic E-state index is 14.8. The van der Waals surface area contributed by atoms with Crippen molar-refractivity contribution in [2.75, 3.05) is 13.2 Å². The monoisotopic (exact) mass is 442 g/mol. The fourth-order valence-electron chi connectivity index (χ4n) is 2.09. The van der Waals surface area contributed by atoms with Crippen LogP contribution < -0.4 is 0 Å². The zero-order valence-corrected chi connectivity index (χ0v) is 16.0. The van der Waals surface area contributed by atoms with Gasteiger partial charge in [0.1, 0.15) is 4.88 Å². The van der Waals surface area contributed by atoms with E-state index >= 15 is 0 Å². The van der Waals surface area contributed by atoms with Gasteiger partial charge in [0.25, 0.3) is 0 Å². The van der Waals surface area contributed by atoms with Crippen LogP contribution in [-0.4, -0.2) is 24.3 Å². The van der Waals surface area contributed by atoms with Crippen molar-refractivity contribution in [1.29, 1.82) is 0 Å². The van der Waals surface area contributed by atoms with Crippen molar-refractivity contribution in [3.8, 4) is 0 Å². The molecule has 0 aliphatic carbocycles. The van der Waals surface area contributed by atoms with Gasteiger partial charge in [-0.25, -0.2) is 4.79 Å². The number of hydrogen-bond acceptors (Lipinski definition) is 5. The highest BCUT2D eigenvalue weighted by molar-refractivity contribution is 9.10. The Bertz CT molecular complexity index is 813. The molecule has 1 N–H and O–H groups in total. The van der Waals surface area contributed by atoms with Gasteiger partial charge in [0.05, 0.1) is 17.7 Å². The SMILES string of the molecule is CCOP(=O)(OCC)C(F)(F)c1ccc2sc(C(=O)O)c(Br)c2c1. The lowest BCUT2D eigenvalue weighted by atomic mass is 10.1. The summed E-state index contributed by atoms with van der Waals surface area (Å²) in [5.74, 6) is -1.16. The van der Waals surface area contributed by atoms with E-state index in [0.717, 1.165) is 23.5 Å². The second kappa shape index (κ2) is 7.17. The van der Waals surface area contributed by atoms with Crippen LogP contribution in [0.3, 0.4) is 0 Å². The van der Waals surface area contributed by atoms with Crippen molar-refractivity contribution in [2.24, 2.45) is 0 Å². The lowest BCUT2D eigenvalue weighted by Crippen LogP contribution is -2.18. The number of rotatable bonds is 7. The zero-order chi connectivity index (χ0) is 18.1. The fraction of sp³-hybridized carbons (Fsp3) is 0.357. The maximum atomic E-state index is 14.8. The predicted octanol–water partition coefficient (Wildman–Crippen LogP) is 5.68. The summed E-state index contributed by atoms with van der Waals surface area (Å²) in [6.07, 6.45) is 0. The van der Waals surface area contributed by atoms with Gasteiger partial charge in [-0.1, -0.05) is 6.07 Å². The number of fused-ring (bicyclic) bond motifs is 1. The number of hydrogen-bond donors (Lipinski definition) is 1. The normalized spacial score (nSPS) is 12.7. The molecular weight excluding hydrogens is 429 g/mol. The summed E-state index contributed by atoms with van der Waals surface area (Å²) in [5, 5.41) is 9.41. The van der Waals surface area contributed by atoms with Crippen LogP contribution in [0.5, 0.6) is 0 Å². The Balaban J connectivity index is 2.59. The molecule has 0 fully saturated rings. The van der Waals surface area contributed by atoms with Gasteiger partial charge < -0.3 is 14.2 Å². The molecule has 24 heavy (non-hydrogen) atoms. The van der Waals surface area contributed by atoms with E-state index in [2.05, 4.69) is 15.9 Å². The summed E-state index contributed by atoms with van der Waals surface area (Å²) < 4.78 is 52.2. The molecule has 0 atom stereocenters. The lowest BCUT2D eigenvalue weighted by molar-refractivity contribution is 0.0362. The average molecular weight is 443 g/mol. The third-order valence-electron chi connectivity index (χ3n) is 3.11. The summed E-state index contributed by atoms with van der Waals surface area (Å²) in [7, 11) is -4.71. The molecule has 1 aromatic heterocycles. The molecule has 2 aromatic rings. The second-order valence-electron chi connectivity index (χ2n) is 4.64. The van der Waals surface area contributed by atoms with Crippen LogP contribution in [0, 0.1) is 0 Å². The van der Waals surface area contributed by atoms with E-state index in [1.54, 1.807) is 0 Å². The number of carbonyl (C=O) groups is 1. The van der Waals surface area contributed by atoms with Crippen molar-refractivity contribution in [1.82, 2.24) is 0 Å². The topological polar surface area (TPSA) is 72.8 Å². The molecule has 0 amide bonds. The molecule has 0 saturated carbocycles. The Morgan fingerprint density at radius 3 is 2.42 bits per heavy atom. The van der Waals surface area contributed by atoms with Gasteiger partial charge in [-0.2, -0.15) is 8.78 Å². The highest BCUT2D eigenvalue weighted by Gasteiger charge is 2.54. The van der Waals surface area contributed by atoms with E-state index in [1.807, 2.05) is 0 Å². The van der Waals surface area contributed by atoms with Crippen LogP contribution in [0.25, 0.3) is 10.1 Å². The van der Waals surface area contributed by atoms with Crippen molar-refractivity contribution >= 4 is 50.9 Å². The molecule has 0 bridgehead atoms. The van der Waals surface area contributed by atoms with Crippen molar-refractivity contribution in [3.63, 3.8) is 0 Å². The Hall–Kier alpha value is -0.860. The molecule has 0 aliphatic heterocycles. The number of halogens is 3. The van der Waals surface area contributed by atoms with Crippen LogP contribution >= 0.6 is 34.9 Å². The van der Waals surface area contributed by atoms with E-state index in [-0.39, 0.29) is 22.6 Å². The average Bonchev–Trinajstić information content (AvgIpc) is 2.84. The lowest BCUT2D eigenvalue weighted by Gasteiger charge is -2.26. The quantitative estimate of drug-likeness (QED) is 0.558. The summed E-state index contributed by atoms with van der Waals surface area (Å²) in [6.45, 7) is 2.50. The van der Waals surface area contributed by atoms with Gasteiger partial charge in [0.2, 0.25) is 0 Å². The molecule has 0 saturated heterocycles. The summed E-state index contributed by atoms with van der Waals surface area (Å²) in [5.41, 5.74) is -4.42. The Kier molecular flexibility index (Phi) is 5.82. The highest BCUT2D eigenvalue weighted by Crippen LogP contribution is 2.67. The summed E-state index contributed by atoms with van der Waals surface area (Å²) in [4.78, 5) is 11.2. The van der Waals surface area contributed by atoms with Crippen molar-refractivity contribution < 1.29 is 32.3 Å². The molecule has 5 nitrogen and oxygen atoms in total. The molecule has 0 unspecified atom stereocenters. The van der Waals surface area contributed by atoms with E-state index in [0.29, 0.717) is 10.1 Å². The Morgan fingerprint density at radius 1 is 1.33 bits per heavy atom. The molecule has 1 heterocycles. The van der Waals surface area contributed by atoms with Crippen molar-refractivity contribution in [3.05, 3.63) is 33.1 Å². The molecule has 0 radical (unpaired) electrons. The standard InChI is InChI=1S/C14H14BrF2O5PS/c1-3-21-23(20,22-4-2)14(16,17)8-5-6-10-9(7-8)11(15)12(24-10)13(18)19/h5-7H,3-4H2,1-2H3,(H,18,19). The Labute approximate surface area is 149 Å². The van der Waals surface area contributed by atoms with Gasteiger partial charge in [0, 0.05) is 15.6 Å². The minimum absolute atomic E-state index is 0.00302. The highest BCUT2D eigenvalue weighted by atomic mass is 79.9. The third kappa shape index (κ3) is 3.28. The van der Waals surface area contributed by atoms with Crippen LogP contribution in [0.4, 0.5) is 8.78 Å². The molecule has 0 spiro atoms. The maximum Gasteiger partial charge on any atom is 0.404 e. The predicted molar refractivity (Wildman–Crippen MR) is 91.2 cm³/mol. The zero-order valence-electron chi connectivity index (χ0n) is 12.7. The first-order valence-corrected chi connectivity index (χ1v) is 10.1. The smallest absolute Gasteiger partial charge is 0.404 e. The summed E-state index contributed by atoms with van der Waals surface area (Å²) >= 11 is 4.07. The van der Waals surface area contributed by atoms with E-state index < -0.39 is 24.8 Å². The van der Waals surface area contributed by atoms with Gasteiger partial charge in [-0.05, 0) is 41.9 Å². The van der Waals surface area contributed by atoms with Crippen LogP contribution in [-0.2, 0) is 19.3 Å². The molecule has 0 aliphatic rings. The number of alkyl halides is 2. The minimum atomic E-state index is -4.71.